The molecule has 1 aliphatic heterocycles. The SMILES string of the molecule is COc1ccc(CCC(=O)NC2CCN(C3CCCC3)CC2)cc1. The summed E-state index contributed by atoms with van der Waals surface area (Å²) in [5.41, 5.74) is 1.18. The molecule has 3 rings (SSSR count). The van der Waals surface area contributed by atoms with Gasteiger partial charge in [0.15, 0.2) is 0 Å². The number of amides is 1. The van der Waals surface area contributed by atoms with Gasteiger partial charge in [-0.1, -0.05) is 25.0 Å². The van der Waals surface area contributed by atoms with Gasteiger partial charge >= 0.3 is 0 Å². The molecule has 2 aliphatic rings. The molecule has 0 unspecified atom stereocenters. The van der Waals surface area contributed by atoms with Crippen LogP contribution in [0.25, 0.3) is 0 Å². The molecule has 1 aromatic rings. The maximum absolute atomic E-state index is 12.2. The molecule has 1 amide bonds. The van der Waals surface area contributed by atoms with Crippen molar-refractivity contribution in [2.24, 2.45) is 0 Å². The van der Waals surface area contributed by atoms with Crippen molar-refractivity contribution in [2.75, 3.05) is 20.2 Å². The van der Waals surface area contributed by atoms with E-state index < -0.39 is 0 Å². The summed E-state index contributed by atoms with van der Waals surface area (Å²) in [4.78, 5) is 14.8. The molecule has 1 heterocycles. The third-order valence-corrected chi connectivity index (χ3v) is 5.54. The van der Waals surface area contributed by atoms with E-state index >= 15 is 0 Å². The normalized spacial score (nSPS) is 20.2. The molecule has 1 saturated heterocycles. The van der Waals surface area contributed by atoms with Gasteiger partial charge in [0.25, 0.3) is 0 Å². The first-order valence-electron chi connectivity index (χ1n) is 9.41. The molecule has 0 radical (unpaired) electrons. The number of methoxy groups -OCH3 is 1. The number of nitrogens with zero attached hydrogens (tertiary/aromatic N) is 1. The molecule has 1 saturated carbocycles. The fourth-order valence-corrected chi connectivity index (χ4v) is 4.03. The summed E-state index contributed by atoms with van der Waals surface area (Å²) in [6.07, 6.45) is 9.10. The average Bonchev–Trinajstić information content (AvgIpc) is 3.16. The van der Waals surface area contributed by atoms with Crippen molar-refractivity contribution in [3.63, 3.8) is 0 Å². The van der Waals surface area contributed by atoms with Crippen LogP contribution in [0.2, 0.25) is 0 Å². The lowest BCUT2D eigenvalue weighted by molar-refractivity contribution is -0.122. The van der Waals surface area contributed by atoms with Gasteiger partial charge in [-0.25, -0.2) is 0 Å². The number of nitrogens with one attached hydrogen (secondary N) is 1. The fourth-order valence-electron chi connectivity index (χ4n) is 4.03. The first-order valence-corrected chi connectivity index (χ1v) is 9.41. The number of rotatable bonds is 6. The highest BCUT2D eigenvalue weighted by molar-refractivity contribution is 5.76. The van der Waals surface area contributed by atoms with Crippen LogP contribution < -0.4 is 10.1 Å². The molecule has 1 aromatic carbocycles. The van der Waals surface area contributed by atoms with Gasteiger partial charge < -0.3 is 15.0 Å². The molecule has 2 fully saturated rings. The van der Waals surface area contributed by atoms with E-state index in [4.69, 9.17) is 4.74 Å². The van der Waals surface area contributed by atoms with Crippen molar-refractivity contribution in [2.45, 2.75) is 63.5 Å². The topological polar surface area (TPSA) is 41.6 Å². The number of piperidine rings is 1. The van der Waals surface area contributed by atoms with Crippen molar-refractivity contribution in [1.29, 1.82) is 0 Å². The van der Waals surface area contributed by atoms with E-state index in [0.29, 0.717) is 12.5 Å². The van der Waals surface area contributed by atoms with Crippen molar-refractivity contribution < 1.29 is 9.53 Å². The predicted octanol–water partition coefficient (Wildman–Crippen LogP) is 3.15. The summed E-state index contributed by atoms with van der Waals surface area (Å²) in [5, 5.41) is 3.23. The molecule has 4 heteroatoms. The highest BCUT2D eigenvalue weighted by Crippen LogP contribution is 2.26. The summed E-state index contributed by atoms with van der Waals surface area (Å²) < 4.78 is 5.16. The monoisotopic (exact) mass is 330 g/mol. The van der Waals surface area contributed by atoms with Crippen molar-refractivity contribution in [3.05, 3.63) is 29.8 Å². The molecule has 0 aromatic heterocycles. The first-order chi connectivity index (χ1) is 11.7. The number of aryl methyl sites for hydroxylation is 1. The lowest BCUT2D eigenvalue weighted by Gasteiger charge is -2.36. The summed E-state index contributed by atoms with van der Waals surface area (Å²) in [6, 6.07) is 9.15. The second-order valence-electron chi connectivity index (χ2n) is 7.16. The van der Waals surface area contributed by atoms with Crippen LogP contribution in [-0.2, 0) is 11.2 Å². The first kappa shape index (κ1) is 17.3. The summed E-state index contributed by atoms with van der Waals surface area (Å²) in [7, 11) is 1.67. The third kappa shape index (κ3) is 4.73. The van der Waals surface area contributed by atoms with Crippen LogP contribution in [0.1, 0.15) is 50.5 Å². The number of carbonyl (C=O) groups is 1. The smallest absolute Gasteiger partial charge is 0.220 e. The van der Waals surface area contributed by atoms with Gasteiger partial charge in [0.05, 0.1) is 7.11 Å². The van der Waals surface area contributed by atoms with E-state index in [1.807, 2.05) is 24.3 Å². The zero-order valence-electron chi connectivity index (χ0n) is 14.8. The van der Waals surface area contributed by atoms with E-state index in [9.17, 15) is 4.79 Å². The van der Waals surface area contributed by atoms with Crippen LogP contribution in [0.3, 0.4) is 0 Å². The van der Waals surface area contributed by atoms with Crippen LogP contribution in [0.5, 0.6) is 5.75 Å². The van der Waals surface area contributed by atoms with Crippen LogP contribution >= 0.6 is 0 Å². The van der Waals surface area contributed by atoms with Gasteiger partial charge in [0, 0.05) is 31.6 Å². The highest BCUT2D eigenvalue weighted by atomic mass is 16.5. The Hall–Kier alpha value is -1.55. The minimum Gasteiger partial charge on any atom is -0.497 e. The Labute approximate surface area is 145 Å². The van der Waals surface area contributed by atoms with Crippen LogP contribution in [0, 0.1) is 0 Å². The Kier molecular flexibility index (Phi) is 6.13. The van der Waals surface area contributed by atoms with Gasteiger partial charge in [0.2, 0.25) is 5.91 Å². The van der Waals surface area contributed by atoms with Crippen molar-refractivity contribution >= 4 is 5.91 Å². The maximum Gasteiger partial charge on any atom is 0.220 e. The highest BCUT2D eigenvalue weighted by Gasteiger charge is 2.27. The molecular weight excluding hydrogens is 300 g/mol. The molecule has 0 bridgehead atoms. The Morgan fingerprint density at radius 2 is 1.79 bits per heavy atom. The number of carbonyl (C=O) groups excluding carboxylic acids is 1. The Balaban J connectivity index is 1.36. The Morgan fingerprint density at radius 3 is 2.42 bits per heavy atom. The molecule has 132 valence electrons. The van der Waals surface area contributed by atoms with Crippen molar-refractivity contribution in [1.82, 2.24) is 10.2 Å². The summed E-state index contributed by atoms with van der Waals surface area (Å²) >= 11 is 0. The number of ether oxygens (including phenoxy) is 1. The minimum atomic E-state index is 0.185. The zero-order chi connectivity index (χ0) is 16.8. The van der Waals surface area contributed by atoms with E-state index in [-0.39, 0.29) is 5.91 Å². The maximum atomic E-state index is 12.2. The Morgan fingerprint density at radius 1 is 1.12 bits per heavy atom. The minimum absolute atomic E-state index is 0.185. The molecular formula is C20H30N2O2. The van der Waals surface area contributed by atoms with Crippen LogP contribution in [-0.4, -0.2) is 43.1 Å². The van der Waals surface area contributed by atoms with Crippen molar-refractivity contribution in [3.8, 4) is 5.75 Å². The van der Waals surface area contributed by atoms with E-state index in [1.54, 1.807) is 7.11 Å². The second kappa shape index (κ2) is 8.52. The number of hydrogen-bond donors (Lipinski definition) is 1. The number of likely N-dealkylation sites (tertiary alicyclic amines) is 1. The molecule has 24 heavy (non-hydrogen) atoms. The fraction of sp³-hybridized carbons (Fsp3) is 0.650. The number of benzene rings is 1. The quantitative estimate of drug-likeness (QED) is 0.871. The molecule has 4 nitrogen and oxygen atoms in total. The largest absolute Gasteiger partial charge is 0.497 e. The standard InChI is InChI=1S/C20H30N2O2/c1-24-19-9-6-16(7-10-19)8-11-20(23)21-17-12-14-22(15-13-17)18-4-2-3-5-18/h6-7,9-10,17-18H,2-5,8,11-15H2,1H3,(H,21,23). The van der Waals surface area contributed by atoms with Gasteiger partial charge in [-0.15, -0.1) is 0 Å². The lowest BCUT2D eigenvalue weighted by Crippen LogP contribution is -2.47. The summed E-state index contributed by atoms with van der Waals surface area (Å²) in [5.74, 6) is 1.04. The average molecular weight is 330 g/mol. The van der Waals surface area contributed by atoms with Crippen LogP contribution in [0.15, 0.2) is 24.3 Å². The number of hydrogen-bond acceptors (Lipinski definition) is 3. The molecule has 1 N–H and O–H groups in total. The van der Waals surface area contributed by atoms with E-state index in [1.165, 1.54) is 31.2 Å². The van der Waals surface area contributed by atoms with Crippen LogP contribution in [0.4, 0.5) is 0 Å². The second-order valence-corrected chi connectivity index (χ2v) is 7.16. The third-order valence-electron chi connectivity index (χ3n) is 5.54. The summed E-state index contributed by atoms with van der Waals surface area (Å²) in [6.45, 7) is 2.29. The predicted molar refractivity (Wildman–Crippen MR) is 96.3 cm³/mol. The van der Waals surface area contributed by atoms with Gasteiger partial charge in [-0.2, -0.15) is 0 Å². The molecule has 0 spiro atoms. The molecule has 0 atom stereocenters. The van der Waals surface area contributed by atoms with Gasteiger partial charge in [-0.05, 0) is 49.8 Å². The Bertz CT molecular complexity index is 515. The van der Waals surface area contributed by atoms with Gasteiger partial charge in [0.1, 0.15) is 5.75 Å². The zero-order valence-corrected chi connectivity index (χ0v) is 14.8. The van der Waals surface area contributed by atoms with E-state index in [2.05, 4.69) is 10.2 Å². The van der Waals surface area contributed by atoms with Gasteiger partial charge in [-0.3, -0.25) is 4.79 Å². The lowest BCUT2D eigenvalue weighted by atomic mass is 10.0. The van der Waals surface area contributed by atoms with E-state index in [0.717, 1.165) is 44.1 Å². The molecule has 1 aliphatic carbocycles.